The number of carbonyl (C=O) groups is 1. The molecule has 0 bridgehead atoms. The first-order valence-corrected chi connectivity index (χ1v) is 5.97. The summed E-state index contributed by atoms with van der Waals surface area (Å²) in [5, 5.41) is 12.5. The number of nitro groups is 1. The molecule has 0 aliphatic carbocycles. The van der Waals surface area contributed by atoms with E-state index in [4.69, 9.17) is 0 Å². The van der Waals surface area contributed by atoms with Crippen LogP contribution in [0.15, 0.2) is 54.6 Å². The molecule has 0 aromatic heterocycles. The first kappa shape index (κ1) is 13.5. The number of nitro benzene ring substituents is 1. The van der Waals surface area contributed by atoms with Gasteiger partial charge in [0.1, 0.15) is 0 Å². The van der Waals surface area contributed by atoms with E-state index in [1.807, 2.05) is 30.3 Å². The van der Waals surface area contributed by atoms with Crippen LogP contribution >= 0.6 is 0 Å². The first-order valence-electron chi connectivity index (χ1n) is 5.97. The second-order valence-electron chi connectivity index (χ2n) is 4.05. The molecule has 0 saturated carbocycles. The predicted molar refractivity (Wildman–Crippen MR) is 74.9 cm³/mol. The lowest BCUT2D eigenvalue weighted by Gasteiger charge is -2.23. The first-order chi connectivity index (χ1) is 9.72. The molecule has 1 N–H and O–H groups in total. The smallest absolute Gasteiger partial charge is 0.274 e. The molecule has 0 unspecified atom stereocenters. The summed E-state index contributed by atoms with van der Waals surface area (Å²) >= 11 is 0. The Morgan fingerprint density at radius 1 is 1.10 bits per heavy atom. The summed E-state index contributed by atoms with van der Waals surface area (Å²) < 4.78 is 0. The maximum absolute atomic E-state index is 11.0. The van der Waals surface area contributed by atoms with Gasteiger partial charge in [0.25, 0.3) is 5.69 Å². The maximum Gasteiger partial charge on any atom is 0.274 e. The molecule has 2 rings (SSSR count). The van der Waals surface area contributed by atoms with Crippen LogP contribution < -0.4 is 10.4 Å². The van der Waals surface area contributed by atoms with Crippen LogP contribution in [0.1, 0.15) is 5.56 Å². The SMILES string of the molecule is O=CNN(Cc1ccccc1[N+](=O)[O-])c1ccccc1. The van der Waals surface area contributed by atoms with Crippen LogP contribution in [0.3, 0.4) is 0 Å². The number of nitrogens with zero attached hydrogens (tertiary/aromatic N) is 2. The fourth-order valence-corrected chi connectivity index (χ4v) is 1.88. The third-order valence-corrected chi connectivity index (χ3v) is 2.79. The molecule has 0 saturated heterocycles. The number of carbonyl (C=O) groups excluding carboxylic acids is 1. The summed E-state index contributed by atoms with van der Waals surface area (Å²) in [6, 6.07) is 15.6. The largest absolute Gasteiger partial charge is 0.281 e. The number of hydrazine groups is 1. The molecule has 2 aromatic rings. The number of anilines is 1. The zero-order valence-electron chi connectivity index (χ0n) is 10.6. The van der Waals surface area contributed by atoms with Crippen LogP contribution in [-0.2, 0) is 11.3 Å². The Balaban J connectivity index is 2.29. The minimum Gasteiger partial charge on any atom is -0.281 e. The van der Waals surface area contributed by atoms with Gasteiger partial charge in [0.2, 0.25) is 6.41 Å². The van der Waals surface area contributed by atoms with Crippen molar-refractivity contribution in [3.05, 3.63) is 70.3 Å². The minimum atomic E-state index is -0.431. The molecule has 0 radical (unpaired) electrons. The molecule has 102 valence electrons. The van der Waals surface area contributed by atoms with Crippen molar-refractivity contribution in [2.24, 2.45) is 0 Å². The van der Waals surface area contributed by atoms with E-state index < -0.39 is 4.92 Å². The van der Waals surface area contributed by atoms with Gasteiger partial charge in [-0.3, -0.25) is 25.3 Å². The second kappa shape index (κ2) is 6.33. The quantitative estimate of drug-likeness (QED) is 0.496. The van der Waals surface area contributed by atoms with Crippen LogP contribution in [0, 0.1) is 10.1 Å². The summed E-state index contributed by atoms with van der Waals surface area (Å²) in [5.41, 5.74) is 3.84. The number of hydrogen-bond acceptors (Lipinski definition) is 4. The van der Waals surface area contributed by atoms with Crippen molar-refractivity contribution in [1.29, 1.82) is 0 Å². The lowest BCUT2D eigenvalue weighted by atomic mass is 10.1. The Labute approximate surface area is 115 Å². The van der Waals surface area contributed by atoms with Gasteiger partial charge in [-0.05, 0) is 12.1 Å². The Morgan fingerprint density at radius 3 is 2.40 bits per heavy atom. The van der Waals surface area contributed by atoms with Gasteiger partial charge in [0, 0.05) is 6.07 Å². The van der Waals surface area contributed by atoms with Crippen LogP contribution in [0.4, 0.5) is 11.4 Å². The van der Waals surface area contributed by atoms with Crippen LogP contribution in [-0.4, -0.2) is 11.3 Å². The molecule has 0 aliphatic rings. The lowest BCUT2D eigenvalue weighted by Crippen LogP contribution is -2.36. The number of amides is 1. The molecular weight excluding hydrogens is 258 g/mol. The van der Waals surface area contributed by atoms with E-state index in [2.05, 4.69) is 5.43 Å². The lowest BCUT2D eigenvalue weighted by molar-refractivity contribution is -0.385. The van der Waals surface area contributed by atoms with E-state index >= 15 is 0 Å². The highest BCUT2D eigenvalue weighted by molar-refractivity contribution is 5.56. The van der Waals surface area contributed by atoms with Crippen molar-refractivity contribution < 1.29 is 9.72 Å². The molecule has 0 heterocycles. The summed E-state index contributed by atoms with van der Waals surface area (Å²) in [7, 11) is 0. The van der Waals surface area contributed by atoms with Gasteiger partial charge in [0.05, 0.1) is 22.7 Å². The summed E-state index contributed by atoms with van der Waals surface area (Å²) in [5.74, 6) is 0. The third-order valence-electron chi connectivity index (χ3n) is 2.79. The molecule has 0 aliphatic heterocycles. The van der Waals surface area contributed by atoms with Crippen LogP contribution in [0.2, 0.25) is 0 Å². The Hall–Kier alpha value is -2.89. The normalized spacial score (nSPS) is 9.80. The average Bonchev–Trinajstić information content (AvgIpc) is 2.48. The monoisotopic (exact) mass is 271 g/mol. The standard InChI is InChI=1S/C14H13N3O3/c18-11-15-16(13-7-2-1-3-8-13)10-12-6-4-5-9-14(12)17(19)20/h1-9,11H,10H2,(H,15,18). The molecule has 0 spiro atoms. The highest BCUT2D eigenvalue weighted by Gasteiger charge is 2.15. The van der Waals surface area contributed by atoms with E-state index in [1.165, 1.54) is 6.07 Å². The maximum atomic E-state index is 11.0. The van der Waals surface area contributed by atoms with E-state index in [1.54, 1.807) is 23.2 Å². The highest BCUT2D eigenvalue weighted by Crippen LogP contribution is 2.21. The Morgan fingerprint density at radius 2 is 1.75 bits per heavy atom. The van der Waals surface area contributed by atoms with Gasteiger partial charge < -0.3 is 0 Å². The Kier molecular flexibility index (Phi) is 4.28. The van der Waals surface area contributed by atoms with Gasteiger partial charge in [-0.15, -0.1) is 0 Å². The van der Waals surface area contributed by atoms with Crippen molar-refractivity contribution in [2.75, 3.05) is 5.01 Å². The van der Waals surface area contributed by atoms with Gasteiger partial charge in [0.15, 0.2) is 0 Å². The number of rotatable bonds is 6. The van der Waals surface area contributed by atoms with E-state index in [-0.39, 0.29) is 12.2 Å². The number of nitrogens with one attached hydrogen (secondary N) is 1. The summed E-state index contributed by atoms with van der Waals surface area (Å²) in [6.45, 7) is 0.208. The van der Waals surface area contributed by atoms with E-state index in [0.717, 1.165) is 5.69 Å². The van der Waals surface area contributed by atoms with Gasteiger partial charge in [-0.1, -0.05) is 36.4 Å². The zero-order chi connectivity index (χ0) is 14.4. The van der Waals surface area contributed by atoms with Gasteiger partial charge in [-0.2, -0.15) is 0 Å². The third kappa shape index (κ3) is 3.11. The zero-order valence-corrected chi connectivity index (χ0v) is 10.6. The summed E-state index contributed by atoms with van der Waals surface area (Å²) in [6.07, 6.45) is 0.543. The second-order valence-corrected chi connectivity index (χ2v) is 4.05. The summed E-state index contributed by atoms with van der Waals surface area (Å²) in [4.78, 5) is 21.3. The van der Waals surface area contributed by atoms with Crippen molar-refractivity contribution in [3.8, 4) is 0 Å². The van der Waals surface area contributed by atoms with Crippen molar-refractivity contribution >= 4 is 17.8 Å². The fourth-order valence-electron chi connectivity index (χ4n) is 1.88. The highest BCUT2D eigenvalue weighted by atomic mass is 16.6. The molecule has 1 amide bonds. The number of hydrogen-bond donors (Lipinski definition) is 1. The molecule has 6 nitrogen and oxygen atoms in total. The van der Waals surface area contributed by atoms with E-state index in [9.17, 15) is 14.9 Å². The molecular formula is C14H13N3O3. The van der Waals surface area contributed by atoms with Crippen LogP contribution in [0.5, 0.6) is 0 Å². The Bertz CT molecular complexity index is 602. The van der Waals surface area contributed by atoms with Gasteiger partial charge in [-0.25, -0.2) is 0 Å². The van der Waals surface area contributed by atoms with Crippen LogP contribution in [0.25, 0.3) is 0 Å². The predicted octanol–water partition coefficient (Wildman–Crippen LogP) is 2.26. The van der Waals surface area contributed by atoms with Gasteiger partial charge >= 0.3 is 0 Å². The average molecular weight is 271 g/mol. The van der Waals surface area contributed by atoms with E-state index in [0.29, 0.717) is 12.0 Å². The number of benzene rings is 2. The fraction of sp³-hybridized carbons (Fsp3) is 0.0714. The minimum absolute atomic E-state index is 0.0288. The topological polar surface area (TPSA) is 75.5 Å². The van der Waals surface area contributed by atoms with Crippen molar-refractivity contribution in [1.82, 2.24) is 5.43 Å². The van der Waals surface area contributed by atoms with Crippen molar-refractivity contribution in [2.45, 2.75) is 6.54 Å². The molecule has 6 heteroatoms. The molecule has 0 fully saturated rings. The molecule has 2 aromatic carbocycles. The molecule has 0 atom stereocenters. The van der Waals surface area contributed by atoms with Crippen molar-refractivity contribution in [3.63, 3.8) is 0 Å². The molecule has 20 heavy (non-hydrogen) atoms. The number of para-hydroxylation sites is 2.